The summed E-state index contributed by atoms with van der Waals surface area (Å²) >= 11 is 5.76. The zero-order chi connectivity index (χ0) is 12.1. The molecule has 0 unspecified atom stereocenters. The monoisotopic (exact) mass is 237 g/mol. The Balaban J connectivity index is 3.27. The Kier molecular flexibility index (Phi) is 3.92. The second-order valence-electron chi connectivity index (χ2n) is 2.86. The molecule has 0 aromatic heterocycles. The van der Waals surface area contributed by atoms with Gasteiger partial charge in [0.05, 0.1) is 7.11 Å². The highest BCUT2D eigenvalue weighted by Gasteiger charge is 2.08. The van der Waals surface area contributed by atoms with Crippen molar-refractivity contribution in [3.63, 3.8) is 0 Å². The summed E-state index contributed by atoms with van der Waals surface area (Å²) in [4.78, 5) is 10.7. The van der Waals surface area contributed by atoms with Crippen LogP contribution in [-0.4, -0.2) is 18.2 Å². The Labute approximate surface area is 97.3 Å². The van der Waals surface area contributed by atoms with Crippen LogP contribution in [0, 0.1) is 11.3 Å². The zero-order valence-electron chi connectivity index (χ0n) is 8.40. The van der Waals surface area contributed by atoms with Gasteiger partial charge in [-0.25, -0.2) is 4.79 Å². The Hall–Kier alpha value is -1.99. The molecule has 0 saturated heterocycles. The molecule has 0 heterocycles. The SMILES string of the molecule is COc1ccc(Cl)cc1/C=C(\C#N)C(=O)O. The fourth-order valence-corrected chi connectivity index (χ4v) is 1.30. The molecular weight excluding hydrogens is 230 g/mol. The van der Waals surface area contributed by atoms with Gasteiger partial charge >= 0.3 is 5.97 Å². The van der Waals surface area contributed by atoms with E-state index >= 15 is 0 Å². The average Bonchev–Trinajstić information content (AvgIpc) is 2.25. The Morgan fingerprint density at radius 2 is 2.31 bits per heavy atom. The Morgan fingerprint density at radius 1 is 1.62 bits per heavy atom. The first kappa shape index (κ1) is 12.1. The van der Waals surface area contributed by atoms with Crippen LogP contribution in [0.15, 0.2) is 23.8 Å². The molecule has 0 aliphatic carbocycles. The van der Waals surface area contributed by atoms with Gasteiger partial charge in [0, 0.05) is 10.6 Å². The number of nitrogens with zero attached hydrogens (tertiary/aromatic N) is 1. The maximum atomic E-state index is 10.7. The maximum absolute atomic E-state index is 10.7. The molecule has 1 rings (SSSR count). The third-order valence-electron chi connectivity index (χ3n) is 1.84. The summed E-state index contributed by atoms with van der Waals surface area (Å²) in [5.41, 5.74) is 0.0783. The third kappa shape index (κ3) is 2.75. The first-order valence-electron chi connectivity index (χ1n) is 4.27. The molecule has 0 atom stereocenters. The summed E-state index contributed by atoms with van der Waals surface area (Å²) in [5, 5.41) is 17.8. The molecule has 0 fully saturated rings. The van der Waals surface area contributed by atoms with Crippen molar-refractivity contribution < 1.29 is 14.6 Å². The van der Waals surface area contributed by atoms with E-state index in [0.29, 0.717) is 16.3 Å². The number of carboxylic acid groups (broad SMARTS) is 1. The van der Waals surface area contributed by atoms with Crippen LogP contribution in [0.25, 0.3) is 6.08 Å². The van der Waals surface area contributed by atoms with Crippen molar-refractivity contribution in [1.82, 2.24) is 0 Å². The number of nitriles is 1. The molecule has 0 amide bonds. The topological polar surface area (TPSA) is 70.3 Å². The number of methoxy groups -OCH3 is 1. The molecule has 1 aromatic carbocycles. The molecule has 0 spiro atoms. The van der Waals surface area contributed by atoms with Crippen LogP contribution in [0.1, 0.15) is 5.56 Å². The number of rotatable bonds is 3. The van der Waals surface area contributed by atoms with Crippen molar-refractivity contribution in [2.75, 3.05) is 7.11 Å². The smallest absolute Gasteiger partial charge is 0.346 e. The molecule has 16 heavy (non-hydrogen) atoms. The lowest BCUT2D eigenvalue weighted by Crippen LogP contribution is -1.98. The molecule has 0 aliphatic heterocycles. The van der Waals surface area contributed by atoms with E-state index in [1.165, 1.54) is 19.3 Å². The number of halogens is 1. The van der Waals surface area contributed by atoms with Crippen molar-refractivity contribution in [1.29, 1.82) is 5.26 Å². The summed E-state index contributed by atoms with van der Waals surface area (Å²) in [5.74, 6) is -0.831. The van der Waals surface area contributed by atoms with Crippen molar-refractivity contribution in [3.05, 3.63) is 34.4 Å². The van der Waals surface area contributed by atoms with E-state index in [-0.39, 0.29) is 5.57 Å². The number of carboxylic acids is 1. The minimum Gasteiger partial charge on any atom is -0.496 e. The number of hydrogen-bond donors (Lipinski definition) is 1. The number of ether oxygens (including phenoxy) is 1. The molecular formula is C11H8ClNO3. The van der Waals surface area contributed by atoms with Crippen LogP contribution in [-0.2, 0) is 4.79 Å². The predicted octanol–water partition coefficient (Wildman–Crippen LogP) is 2.34. The van der Waals surface area contributed by atoms with Gasteiger partial charge in [0.15, 0.2) is 0 Å². The lowest BCUT2D eigenvalue weighted by Gasteiger charge is -2.04. The highest BCUT2D eigenvalue weighted by atomic mass is 35.5. The predicted molar refractivity (Wildman–Crippen MR) is 59.2 cm³/mol. The highest BCUT2D eigenvalue weighted by molar-refractivity contribution is 6.30. The fraction of sp³-hybridized carbons (Fsp3) is 0.0909. The van der Waals surface area contributed by atoms with Gasteiger partial charge in [0.1, 0.15) is 17.4 Å². The molecule has 0 aliphatic rings. The second-order valence-corrected chi connectivity index (χ2v) is 3.30. The molecule has 1 N–H and O–H groups in total. The maximum Gasteiger partial charge on any atom is 0.346 e. The van der Waals surface area contributed by atoms with E-state index in [1.54, 1.807) is 18.2 Å². The van der Waals surface area contributed by atoms with Crippen molar-refractivity contribution >= 4 is 23.6 Å². The lowest BCUT2D eigenvalue weighted by atomic mass is 10.1. The third-order valence-corrected chi connectivity index (χ3v) is 2.08. The van der Waals surface area contributed by atoms with Crippen LogP contribution < -0.4 is 4.74 Å². The zero-order valence-corrected chi connectivity index (χ0v) is 9.15. The van der Waals surface area contributed by atoms with Crippen LogP contribution in [0.2, 0.25) is 5.02 Å². The van der Waals surface area contributed by atoms with Gasteiger partial charge in [-0.15, -0.1) is 0 Å². The van der Waals surface area contributed by atoms with Crippen molar-refractivity contribution in [2.45, 2.75) is 0 Å². The van der Waals surface area contributed by atoms with Crippen LogP contribution in [0.5, 0.6) is 5.75 Å². The minimum absolute atomic E-state index is 0.374. The van der Waals surface area contributed by atoms with E-state index in [9.17, 15) is 4.79 Å². The van der Waals surface area contributed by atoms with E-state index in [4.69, 9.17) is 26.7 Å². The van der Waals surface area contributed by atoms with Gasteiger partial charge in [-0.1, -0.05) is 11.6 Å². The Bertz CT molecular complexity index is 488. The van der Waals surface area contributed by atoms with E-state index in [2.05, 4.69) is 0 Å². The quantitative estimate of drug-likeness (QED) is 0.647. The van der Waals surface area contributed by atoms with Gasteiger partial charge in [-0.2, -0.15) is 5.26 Å². The Morgan fingerprint density at radius 3 is 2.81 bits per heavy atom. The highest BCUT2D eigenvalue weighted by Crippen LogP contribution is 2.24. The fourth-order valence-electron chi connectivity index (χ4n) is 1.12. The molecule has 82 valence electrons. The number of hydrogen-bond acceptors (Lipinski definition) is 3. The summed E-state index contributed by atoms with van der Waals surface area (Å²) in [6.45, 7) is 0. The van der Waals surface area contributed by atoms with E-state index < -0.39 is 5.97 Å². The molecule has 1 aromatic rings. The molecule has 4 nitrogen and oxygen atoms in total. The number of aliphatic carboxylic acids is 1. The number of benzene rings is 1. The number of carbonyl (C=O) groups is 1. The van der Waals surface area contributed by atoms with Crippen molar-refractivity contribution in [2.24, 2.45) is 0 Å². The van der Waals surface area contributed by atoms with Crippen LogP contribution in [0.4, 0.5) is 0 Å². The molecule has 0 saturated carbocycles. The first-order chi connectivity index (χ1) is 7.58. The molecule has 0 radical (unpaired) electrons. The summed E-state index contributed by atoms with van der Waals surface area (Å²) in [6.07, 6.45) is 1.22. The average molecular weight is 238 g/mol. The summed E-state index contributed by atoms with van der Waals surface area (Å²) < 4.78 is 5.02. The minimum atomic E-state index is -1.29. The normalized spacial score (nSPS) is 10.7. The molecule has 0 bridgehead atoms. The van der Waals surface area contributed by atoms with Gasteiger partial charge in [-0.3, -0.25) is 0 Å². The largest absolute Gasteiger partial charge is 0.496 e. The van der Waals surface area contributed by atoms with E-state index in [0.717, 1.165) is 0 Å². The lowest BCUT2D eigenvalue weighted by molar-refractivity contribution is -0.132. The second kappa shape index (κ2) is 5.19. The van der Waals surface area contributed by atoms with Crippen molar-refractivity contribution in [3.8, 4) is 11.8 Å². The summed E-state index contributed by atoms with van der Waals surface area (Å²) in [7, 11) is 1.45. The molecule has 5 heteroatoms. The first-order valence-corrected chi connectivity index (χ1v) is 4.65. The van der Waals surface area contributed by atoms with Gasteiger partial charge < -0.3 is 9.84 Å². The van der Waals surface area contributed by atoms with Gasteiger partial charge in [-0.05, 0) is 24.3 Å². The van der Waals surface area contributed by atoms with E-state index in [1.807, 2.05) is 0 Å². The van der Waals surface area contributed by atoms with Crippen LogP contribution in [0.3, 0.4) is 0 Å². The van der Waals surface area contributed by atoms with Gasteiger partial charge in [0.25, 0.3) is 0 Å². The van der Waals surface area contributed by atoms with Gasteiger partial charge in [0.2, 0.25) is 0 Å². The van der Waals surface area contributed by atoms with Crippen LogP contribution >= 0.6 is 11.6 Å². The standard InChI is InChI=1S/C11H8ClNO3/c1-16-10-3-2-9(12)5-7(10)4-8(6-13)11(14)15/h2-5H,1H3,(H,14,15)/b8-4+. The summed E-state index contributed by atoms with van der Waals surface area (Å²) in [6, 6.07) is 6.33.